The molecule has 3 heterocycles. The van der Waals surface area contributed by atoms with Crippen molar-refractivity contribution in [3.8, 4) is 11.5 Å². The molecule has 1 aromatic carbocycles. The molecule has 3 atom stereocenters. The van der Waals surface area contributed by atoms with Gasteiger partial charge in [0.2, 0.25) is 6.79 Å². The van der Waals surface area contributed by atoms with Crippen LogP contribution in [0, 0.1) is 0 Å². The second-order valence-electron chi connectivity index (χ2n) is 6.92. The molecule has 5 rings (SSSR count). The minimum Gasteiger partial charge on any atom is -0.454 e. The molecular formula is C17H20NO2+. The molecule has 0 spiro atoms. The van der Waals surface area contributed by atoms with Crippen LogP contribution >= 0.6 is 0 Å². The van der Waals surface area contributed by atoms with Crippen molar-refractivity contribution >= 4 is 0 Å². The first-order valence-electron chi connectivity index (χ1n) is 7.70. The zero-order chi connectivity index (χ0) is 13.3. The van der Waals surface area contributed by atoms with E-state index in [-0.39, 0.29) is 0 Å². The molecule has 0 N–H and O–H groups in total. The maximum Gasteiger partial charge on any atom is 0.231 e. The summed E-state index contributed by atoms with van der Waals surface area (Å²) in [5.74, 6) is 2.58. The number of hydrogen-bond acceptors (Lipinski definition) is 2. The van der Waals surface area contributed by atoms with Crippen molar-refractivity contribution in [1.29, 1.82) is 0 Å². The maximum atomic E-state index is 5.60. The Morgan fingerprint density at radius 2 is 2.05 bits per heavy atom. The number of rotatable bonds is 0. The van der Waals surface area contributed by atoms with Crippen LogP contribution in [0.4, 0.5) is 0 Å². The fourth-order valence-electron chi connectivity index (χ4n) is 4.97. The molecule has 1 aliphatic carbocycles. The molecule has 3 heteroatoms. The van der Waals surface area contributed by atoms with Crippen LogP contribution < -0.4 is 9.47 Å². The van der Waals surface area contributed by atoms with Gasteiger partial charge in [0.15, 0.2) is 11.5 Å². The Kier molecular flexibility index (Phi) is 2.01. The minimum absolute atomic E-state index is 0.379. The summed E-state index contributed by atoms with van der Waals surface area (Å²) in [4.78, 5) is 0. The van der Waals surface area contributed by atoms with Gasteiger partial charge in [0.05, 0.1) is 13.6 Å². The van der Waals surface area contributed by atoms with Gasteiger partial charge < -0.3 is 14.0 Å². The summed E-state index contributed by atoms with van der Waals surface area (Å²) in [6.07, 6.45) is 6.33. The number of ether oxygens (including phenoxy) is 2. The Hall–Kier alpha value is -1.48. The molecule has 20 heavy (non-hydrogen) atoms. The van der Waals surface area contributed by atoms with Gasteiger partial charge in [0.25, 0.3) is 0 Å². The van der Waals surface area contributed by atoms with Gasteiger partial charge in [0.1, 0.15) is 12.6 Å². The molecule has 1 aromatic rings. The average Bonchev–Trinajstić information content (AvgIpc) is 3.03. The third-order valence-electron chi connectivity index (χ3n) is 5.79. The van der Waals surface area contributed by atoms with E-state index in [0.29, 0.717) is 12.7 Å². The zero-order valence-corrected chi connectivity index (χ0v) is 11.9. The second kappa shape index (κ2) is 3.59. The smallest absolute Gasteiger partial charge is 0.231 e. The van der Waals surface area contributed by atoms with E-state index >= 15 is 0 Å². The van der Waals surface area contributed by atoms with Crippen molar-refractivity contribution in [3.05, 3.63) is 34.9 Å². The fraction of sp³-hybridized carbons (Fsp3) is 0.529. The number of fused-ring (bicyclic) bond motifs is 3. The quantitative estimate of drug-likeness (QED) is 0.533. The third-order valence-corrected chi connectivity index (χ3v) is 5.79. The Bertz CT molecular complexity index is 636. The molecule has 3 aliphatic heterocycles. The molecule has 3 nitrogen and oxygen atoms in total. The Morgan fingerprint density at radius 1 is 1.20 bits per heavy atom. The van der Waals surface area contributed by atoms with E-state index in [9.17, 15) is 0 Å². The Labute approximate surface area is 119 Å². The van der Waals surface area contributed by atoms with Crippen LogP contribution in [0.5, 0.6) is 11.5 Å². The van der Waals surface area contributed by atoms with E-state index in [1.54, 1.807) is 5.57 Å². The monoisotopic (exact) mass is 270 g/mol. The van der Waals surface area contributed by atoms with Crippen molar-refractivity contribution in [2.75, 3.05) is 20.4 Å². The van der Waals surface area contributed by atoms with Gasteiger partial charge in [-0.05, 0) is 36.1 Å². The number of likely N-dealkylation sites (N-methyl/N-ethyl adjacent to an activating group) is 1. The number of quaternary nitrogens is 1. The highest BCUT2D eigenvalue weighted by molar-refractivity contribution is 5.51. The van der Waals surface area contributed by atoms with Crippen LogP contribution in [0.3, 0.4) is 0 Å². The average molecular weight is 270 g/mol. The van der Waals surface area contributed by atoms with Gasteiger partial charge in [-0.15, -0.1) is 0 Å². The lowest BCUT2D eigenvalue weighted by molar-refractivity contribution is -0.935. The van der Waals surface area contributed by atoms with Crippen LogP contribution in [0.15, 0.2) is 23.8 Å². The van der Waals surface area contributed by atoms with Crippen molar-refractivity contribution in [3.63, 3.8) is 0 Å². The van der Waals surface area contributed by atoms with Gasteiger partial charge in [-0.1, -0.05) is 6.08 Å². The van der Waals surface area contributed by atoms with Crippen molar-refractivity contribution in [2.45, 2.75) is 37.8 Å². The summed E-state index contributed by atoms with van der Waals surface area (Å²) in [6.45, 7) is 2.81. The number of hydrogen-bond donors (Lipinski definition) is 0. The van der Waals surface area contributed by atoms with Gasteiger partial charge in [-0.2, -0.15) is 0 Å². The predicted octanol–water partition coefficient (Wildman–Crippen LogP) is 2.95. The molecule has 1 fully saturated rings. The highest BCUT2D eigenvalue weighted by Crippen LogP contribution is 2.52. The molecular weight excluding hydrogens is 250 g/mol. The lowest BCUT2D eigenvalue weighted by atomic mass is 9.75. The van der Waals surface area contributed by atoms with Crippen molar-refractivity contribution in [2.24, 2.45) is 0 Å². The van der Waals surface area contributed by atoms with Gasteiger partial charge in [-0.25, -0.2) is 0 Å². The summed E-state index contributed by atoms with van der Waals surface area (Å²) >= 11 is 0. The van der Waals surface area contributed by atoms with Crippen molar-refractivity contribution < 1.29 is 14.0 Å². The highest BCUT2D eigenvalue weighted by atomic mass is 16.7. The van der Waals surface area contributed by atoms with E-state index in [4.69, 9.17) is 9.47 Å². The SMILES string of the molecule is C[N+]12CCC3=CCC[C@@H](c4cc5c(cc4C1)OCO5)[C@@H]32. The number of nitrogens with zero attached hydrogens (tertiary/aromatic N) is 1. The lowest BCUT2D eigenvalue weighted by Gasteiger charge is -2.46. The van der Waals surface area contributed by atoms with Crippen LogP contribution in [0.2, 0.25) is 0 Å². The van der Waals surface area contributed by atoms with Crippen molar-refractivity contribution in [1.82, 2.24) is 0 Å². The largest absolute Gasteiger partial charge is 0.454 e. The first-order chi connectivity index (χ1) is 9.74. The summed E-state index contributed by atoms with van der Waals surface area (Å²) in [6, 6.07) is 5.23. The third kappa shape index (κ3) is 1.29. The van der Waals surface area contributed by atoms with Crippen LogP contribution in [-0.2, 0) is 6.54 Å². The predicted molar refractivity (Wildman–Crippen MR) is 75.8 cm³/mol. The van der Waals surface area contributed by atoms with Crippen LogP contribution in [0.1, 0.15) is 36.3 Å². The molecule has 0 amide bonds. The van der Waals surface area contributed by atoms with Gasteiger partial charge >= 0.3 is 0 Å². The maximum absolute atomic E-state index is 5.60. The highest BCUT2D eigenvalue weighted by Gasteiger charge is 2.51. The standard InChI is InChI=1S/C17H20NO2/c1-18-6-5-11-3-2-4-13(17(11)18)14-8-16-15(19-10-20-16)7-12(14)9-18/h3,7-8,13,17H,2,4-6,9-10H2,1H3/q+1/t13-,17+,18?/m0/s1. The first kappa shape index (κ1) is 11.2. The van der Waals surface area contributed by atoms with E-state index in [1.165, 1.54) is 41.4 Å². The molecule has 0 saturated carbocycles. The Morgan fingerprint density at radius 3 is 2.95 bits per heavy atom. The van der Waals surface area contributed by atoms with E-state index in [0.717, 1.165) is 24.1 Å². The van der Waals surface area contributed by atoms with E-state index < -0.39 is 0 Å². The lowest BCUT2D eigenvalue weighted by Crippen LogP contribution is -2.53. The molecule has 4 aliphatic rings. The van der Waals surface area contributed by atoms with E-state index in [2.05, 4.69) is 25.3 Å². The zero-order valence-electron chi connectivity index (χ0n) is 11.9. The second-order valence-corrected chi connectivity index (χ2v) is 6.92. The molecule has 0 aromatic heterocycles. The number of benzene rings is 1. The number of allylic oxidation sites excluding steroid dienone is 1. The summed E-state index contributed by atoms with van der Waals surface area (Å²) in [5, 5.41) is 0. The molecule has 0 radical (unpaired) electrons. The Balaban J connectivity index is 1.71. The molecule has 104 valence electrons. The van der Waals surface area contributed by atoms with E-state index in [1.807, 2.05) is 0 Å². The molecule has 1 unspecified atom stereocenters. The van der Waals surface area contributed by atoms with Gasteiger partial charge in [0, 0.05) is 17.9 Å². The normalized spacial score (nSPS) is 36.4. The fourth-order valence-corrected chi connectivity index (χ4v) is 4.97. The van der Waals surface area contributed by atoms with Crippen LogP contribution in [-0.4, -0.2) is 30.9 Å². The molecule has 1 saturated heterocycles. The van der Waals surface area contributed by atoms with Gasteiger partial charge in [-0.3, -0.25) is 0 Å². The topological polar surface area (TPSA) is 18.5 Å². The summed E-state index contributed by atoms with van der Waals surface area (Å²) < 4.78 is 12.4. The first-order valence-corrected chi connectivity index (χ1v) is 7.70. The summed E-state index contributed by atoms with van der Waals surface area (Å²) in [7, 11) is 2.44. The minimum atomic E-state index is 0.379. The summed E-state index contributed by atoms with van der Waals surface area (Å²) in [5.41, 5.74) is 4.73. The molecule has 0 bridgehead atoms. The van der Waals surface area contributed by atoms with Crippen LogP contribution in [0.25, 0.3) is 0 Å².